The van der Waals surface area contributed by atoms with Gasteiger partial charge in [0.25, 0.3) is 0 Å². The lowest BCUT2D eigenvalue weighted by Gasteiger charge is -2.26. The summed E-state index contributed by atoms with van der Waals surface area (Å²) in [6.07, 6.45) is 5.33. The molecule has 3 nitrogen and oxygen atoms in total. The number of benzene rings is 1. The van der Waals surface area contributed by atoms with Crippen molar-refractivity contribution >= 4 is 21.8 Å². The Balaban J connectivity index is 1.61. The molecule has 108 valence electrons. The van der Waals surface area contributed by atoms with Crippen molar-refractivity contribution in [3.05, 3.63) is 34.3 Å². The van der Waals surface area contributed by atoms with Gasteiger partial charge in [-0.05, 0) is 49.9 Å². The average Bonchev–Trinajstić information content (AvgIpc) is 3.15. The number of nitrogens with zero attached hydrogens (tertiary/aromatic N) is 1. The molecular weight excluding hydrogens is 316 g/mol. The summed E-state index contributed by atoms with van der Waals surface area (Å²) in [6.45, 7) is 1.99. The Morgan fingerprint density at radius 1 is 1.25 bits per heavy atom. The first-order chi connectivity index (χ1) is 9.72. The average molecular weight is 337 g/mol. The minimum Gasteiger partial charge on any atom is -0.338 e. The second-order valence-corrected chi connectivity index (χ2v) is 6.79. The van der Waals surface area contributed by atoms with E-state index in [4.69, 9.17) is 0 Å². The van der Waals surface area contributed by atoms with Gasteiger partial charge in [0.05, 0.1) is 6.42 Å². The van der Waals surface area contributed by atoms with Gasteiger partial charge in [-0.2, -0.15) is 0 Å². The van der Waals surface area contributed by atoms with Crippen LogP contribution in [0, 0.1) is 0 Å². The molecule has 1 N–H and O–H groups in total. The molecule has 0 aromatic heterocycles. The molecule has 2 aliphatic rings. The van der Waals surface area contributed by atoms with Crippen LogP contribution >= 0.6 is 15.9 Å². The molecule has 4 heteroatoms. The quantitative estimate of drug-likeness (QED) is 0.896. The lowest BCUT2D eigenvalue weighted by atomic mass is 10.1. The van der Waals surface area contributed by atoms with Gasteiger partial charge in [-0.25, -0.2) is 0 Å². The minimum atomic E-state index is 0.281. The van der Waals surface area contributed by atoms with E-state index in [1.54, 1.807) is 0 Å². The third-order valence-corrected chi connectivity index (χ3v) is 4.68. The van der Waals surface area contributed by atoms with Crippen LogP contribution in [-0.2, 0) is 11.2 Å². The SMILES string of the molecule is O=C(Cc1ccc(Br)cc1)N(CC1CCCN1)C1CC1. The van der Waals surface area contributed by atoms with Crippen molar-refractivity contribution in [2.75, 3.05) is 13.1 Å². The molecule has 3 rings (SSSR count). The van der Waals surface area contributed by atoms with Crippen LogP contribution in [0.15, 0.2) is 28.7 Å². The summed E-state index contributed by atoms with van der Waals surface area (Å²) in [5.41, 5.74) is 1.10. The molecule has 1 amide bonds. The van der Waals surface area contributed by atoms with E-state index in [-0.39, 0.29) is 5.91 Å². The summed E-state index contributed by atoms with van der Waals surface area (Å²) in [6, 6.07) is 9.07. The van der Waals surface area contributed by atoms with Gasteiger partial charge in [-0.15, -0.1) is 0 Å². The number of halogens is 1. The van der Waals surface area contributed by atoms with Crippen LogP contribution in [0.5, 0.6) is 0 Å². The van der Waals surface area contributed by atoms with Crippen LogP contribution in [0.2, 0.25) is 0 Å². The Morgan fingerprint density at radius 3 is 2.60 bits per heavy atom. The maximum atomic E-state index is 12.6. The van der Waals surface area contributed by atoms with E-state index < -0.39 is 0 Å². The molecule has 1 aliphatic heterocycles. The summed E-state index contributed by atoms with van der Waals surface area (Å²) in [7, 11) is 0. The van der Waals surface area contributed by atoms with Gasteiger partial charge in [0.15, 0.2) is 0 Å². The highest BCUT2D eigenvalue weighted by atomic mass is 79.9. The zero-order chi connectivity index (χ0) is 13.9. The van der Waals surface area contributed by atoms with Gasteiger partial charge >= 0.3 is 0 Å². The molecule has 1 unspecified atom stereocenters. The summed E-state index contributed by atoms with van der Waals surface area (Å²) in [4.78, 5) is 14.7. The van der Waals surface area contributed by atoms with Crippen molar-refractivity contribution in [3.63, 3.8) is 0 Å². The Labute approximate surface area is 128 Å². The fourth-order valence-corrected chi connectivity index (χ4v) is 3.13. The van der Waals surface area contributed by atoms with Crippen molar-refractivity contribution in [2.24, 2.45) is 0 Å². The van der Waals surface area contributed by atoms with Crippen LogP contribution in [0.4, 0.5) is 0 Å². The van der Waals surface area contributed by atoms with Crippen molar-refractivity contribution in [3.8, 4) is 0 Å². The van der Waals surface area contributed by atoms with Gasteiger partial charge in [0.2, 0.25) is 5.91 Å². The van der Waals surface area contributed by atoms with E-state index in [9.17, 15) is 4.79 Å². The first kappa shape index (κ1) is 14.1. The summed E-state index contributed by atoms with van der Waals surface area (Å²) in [5, 5.41) is 3.50. The molecule has 0 spiro atoms. The number of rotatable bonds is 5. The molecule has 1 aromatic rings. The summed E-state index contributed by atoms with van der Waals surface area (Å²) in [5.74, 6) is 0.281. The molecule has 1 saturated carbocycles. The predicted molar refractivity (Wildman–Crippen MR) is 83.6 cm³/mol. The largest absolute Gasteiger partial charge is 0.338 e. The second-order valence-electron chi connectivity index (χ2n) is 5.87. The van der Waals surface area contributed by atoms with Gasteiger partial charge < -0.3 is 10.2 Å². The number of hydrogen-bond donors (Lipinski definition) is 1. The Morgan fingerprint density at radius 2 is 2.00 bits per heavy atom. The Bertz CT molecular complexity index is 464. The van der Waals surface area contributed by atoms with E-state index in [0.717, 1.165) is 23.1 Å². The number of carbonyl (C=O) groups excluding carboxylic acids is 1. The van der Waals surface area contributed by atoms with E-state index >= 15 is 0 Å². The number of amides is 1. The number of nitrogens with one attached hydrogen (secondary N) is 1. The number of carbonyl (C=O) groups is 1. The minimum absolute atomic E-state index is 0.281. The first-order valence-corrected chi connectivity index (χ1v) is 8.29. The van der Waals surface area contributed by atoms with E-state index in [1.807, 2.05) is 24.3 Å². The highest BCUT2D eigenvalue weighted by molar-refractivity contribution is 9.10. The molecule has 0 bridgehead atoms. The molecule has 1 aromatic carbocycles. The number of hydrogen-bond acceptors (Lipinski definition) is 2. The second kappa shape index (κ2) is 6.27. The van der Waals surface area contributed by atoms with Crippen LogP contribution in [0.3, 0.4) is 0 Å². The molecule has 0 radical (unpaired) electrons. The van der Waals surface area contributed by atoms with Crippen LogP contribution in [0.1, 0.15) is 31.2 Å². The standard InChI is InChI=1S/C16H21BrN2O/c17-13-5-3-12(4-6-13)10-16(20)19(15-7-8-15)11-14-2-1-9-18-14/h3-6,14-15,18H,1-2,7-11H2. The van der Waals surface area contributed by atoms with Crippen molar-refractivity contribution in [2.45, 2.75) is 44.2 Å². The molecule has 20 heavy (non-hydrogen) atoms. The molecule has 1 heterocycles. The Kier molecular flexibility index (Phi) is 4.41. The maximum Gasteiger partial charge on any atom is 0.227 e. The van der Waals surface area contributed by atoms with E-state index in [2.05, 4.69) is 26.1 Å². The lowest BCUT2D eigenvalue weighted by molar-refractivity contribution is -0.131. The third kappa shape index (κ3) is 3.61. The normalized spacial score (nSPS) is 21.9. The molecule has 1 aliphatic carbocycles. The van der Waals surface area contributed by atoms with E-state index in [0.29, 0.717) is 18.5 Å². The molecule has 1 atom stereocenters. The summed E-state index contributed by atoms with van der Waals surface area (Å²) >= 11 is 3.43. The van der Waals surface area contributed by atoms with E-state index in [1.165, 1.54) is 25.7 Å². The highest BCUT2D eigenvalue weighted by Crippen LogP contribution is 2.28. The van der Waals surface area contributed by atoms with Gasteiger partial charge in [-0.3, -0.25) is 4.79 Å². The monoisotopic (exact) mass is 336 g/mol. The topological polar surface area (TPSA) is 32.3 Å². The molecular formula is C16H21BrN2O. The van der Waals surface area contributed by atoms with Gasteiger partial charge in [-0.1, -0.05) is 28.1 Å². The van der Waals surface area contributed by atoms with Gasteiger partial charge in [0.1, 0.15) is 0 Å². The maximum absolute atomic E-state index is 12.6. The first-order valence-electron chi connectivity index (χ1n) is 7.49. The molecule has 1 saturated heterocycles. The highest BCUT2D eigenvalue weighted by Gasteiger charge is 2.34. The zero-order valence-electron chi connectivity index (χ0n) is 11.6. The Hall–Kier alpha value is -0.870. The van der Waals surface area contributed by atoms with Crippen LogP contribution in [0.25, 0.3) is 0 Å². The third-order valence-electron chi connectivity index (χ3n) is 4.16. The van der Waals surface area contributed by atoms with Crippen LogP contribution in [-0.4, -0.2) is 36.0 Å². The summed E-state index contributed by atoms with van der Waals surface area (Å²) < 4.78 is 1.06. The zero-order valence-corrected chi connectivity index (χ0v) is 13.2. The van der Waals surface area contributed by atoms with Crippen molar-refractivity contribution in [1.82, 2.24) is 10.2 Å². The fourth-order valence-electron chi connectivity index (χ4n) is 2.87. The molecule has 2 fully saturated rings. The smallest absolute Gasteiger partial charge is 0.227 e. The van der Waals surface area contributed by atoms with Gasteiger partial charge in [0, 0.05) is 23.1 Å². The predicted octanol–water partition coefficient (Wildman–Crippen LogP) is 2.73. The van der Waals surface area contributed by atoms with Crippen LogP contribution < -0.4 is 5.32 Å². The van der Waals surface area contributed by atoms with Crippen molar-refractivity contribution < 1.29 is 4.79 Å². The fraction of sp³-hybridized carbons (Fsp3) is 0.562. The lowest BCUT2D eigenvalue weighted by Crippen LogP contribution is -2.43. The van der Waals surface area contributed by atoms with Crippen molar-refractivity contribution in [1.29, 1.82) is 0 Å².